The number of aliphatic hydroxyl groups is 1. The summed E-state index contributed by atoms with van der Waals surface area (Å²) < 4.78 is 4.96. The molecule has 2 N–H and O–H groups in total. The Kier molecular flexibility index (Phi) is 4.44. The van der Waals surface area contributed by atoms with Crippen molar-refractivity contribution in [2.45, 2.75) is 6.10 Å². The van der Waals surface area contributed by atoms with Crippen LogP contribution in [0.25, 0.3) is 11.4 Å². The van der Waals surface area contributed by atoms with Gasteiger partial charge >= 0.3 is 11.8 Å². The van der Waals surface area contributed by atoms with E-state index in [-0.39, 0.29) is 12.4 Å². The largest absolute Gasteiger partial charge is 0.387 e. The van der Waals surface area contributed by atoms with Gasteiger partial charge in [0, 0.05) is 12.1 Å². The number of aliphatic hydroxyl groups excluding tert-OH is 1. The van der Waals surface area contributed by atoms with Crippen LogP contribution < -0.4 is 5.32 Å². The fourth-order valence-corrected chi connectivity index (χ4v) is 2.08. The molecule has 2 aromatic carbocycles. The van der Waals surface area contributed by atoms with Gasteiger partial charge in [-0.15, -0.1) is 0 Å². The lowest BCUT2D eigenvalue weighted by atomic mass is 10.1. The molecule has 0 aliphatic rings. The van der Waals surface area contributed by atoms with Crippen molar-refractivity contribution in [2.24, 2.45) is 0 Å². The number of nitrogens with zero attached hydrogens (tertiary/aromatic N) is 2. The molecule has 0 aliphatic carbocycles. The predicted molar refractivity (Wildman–Crippen MR) is 83.5 cm³/mol. The summed E-state index contributed by atoms with van der Waals surface area (Å²) in [4.78, 5) is 16.1. The Bertz CT molecular complexity index is 772. The molecule has 0 radical (unpaired) electrons. The number of aromatic nitrogens is 2. The van der Waals surface area contributed by atoms with Crippen molar-refractivity contribution in [3.8, 4) is 11.4 Å². The highest BCUT2D eigenvalue weighted by Crippen LogP contribution is 2.15. The van der Waals surface area contributed by atoms with E-state index in [1.54, 1.807) is 12.1 Å². The molecule has 6 nitrogen and oxygen atoms in total. The second-order valence-corrected chi connectivity index (χ2v) is 4.93. The molecular weight excluding hydrogens is 294 g/mol. The lowest BCUT2D eigenvalue weighted by Gasteiger charge is -2.10. The van der Waals surface area contributed by atoms with Crippen LogP contribution in [0.15, 0.2) is 65.2 Å². The molecule has 0 fully saturated rings. The zero-order valence-corrected chi connectivity index (χ0v) is 12.2. The van der Waals surface area contributed by atoms with E-state index in [1.165, 1.54) is 0 Å². The Labute approximate surface area is 132 Å². The number of nitrogens with one attached hydrogen (secondary N) is 1. The second kappa shape index (κ2) is 6.85. The second-order valence-electron chi connectivity index (χ2n) is 4.93. The van der Waals surface area contributed by atoms with Crippen LogP contribution in [-0.4, -0.2) is 27.7 Å². The summed E-state index contributed by atoms with van der Waals surface area (Å²) in [5.74, 6) is -0.307. The number of hydrogen-bond donors (Lipinski definition) is 2. The van der Waals surface area contributed by atoms with Gasteiger partial charge < -0.3 is 14.9 Å². The monoisotopic (exact) mass is 309 g/mol. The van der Waals surface area contributed by atoms with E-state index in [2.05, 4.69) is 15.5 Å². The van der Waals surface area contributed by atoms with Gasteiger partial charge in [0.25, 0.3) is 0 Å². The number of hydrogen-bond acceptors (Lipinski definition) is 5. The van der Waals surface area contributed by atoms with E-state index in [0.717, 1.165) is 11.1 Å². The summed E-state index contributed by atoms with van der Waals surface area (Å²) in [5.41, 5.74) is 1.49. The van der Waals surface area contributed by atoms with Crippen LogP contribution in [0.1, 0.15) is 22.4 Å². The average molecular weight is 309 g/mol. The van der Waals surface area contributed by atoms with Crippen LogP contribution in [0, 0.1) is 0 Å². The number of rotatable bonds is 5. The molecule has 0 bridgehead atoms. The molecule has 116 valence electrons. The van der Waals surface area contributed by atoms with Crippen LogP contribution in [0.5, 0.6) is 0 Å². The van der Waals surface area contributed by atoms with Crippen molar-refractivity contribution in [1.82, 2.24) is 15.5 Å². The molecule has 1 amide bonds. The molecule has 23 heavy (non-hydrogen) atoms. The molecule has 3 aromatic rings. The fourth-order valence-electron chi connectivity index (χ4n) is 2.08. The first-order valence-electron chi connectivity index (χ1n) is 7.14. The van der Waals surface area contributed by atoms with Crippen LogP contribution in [-0.2, 0) is 0 Å². The molecule has 1 atom stereocenters. The highest BCUT2D eigenvalue weighted by Gasteiger charge is 2.17. The predicted octanol–water partition coefficient (Wildman–Crippen LogP) is 2.20. The molecular formula is C17H15N3O3. The third-order valence-electron chi connectivity index (χ3n) is 3.29. The standard InChI is InChI=1S/C17H15N3O3/c21-14(12-7-3-1-4-8-12)11-18-16(22)17-19-15(20-23-17)13-9-5-2-6-10-13/h1-10,14,21H,11H2,(H,18,22)/t14-/m1/s1. The summed E-state index contributed by atoms with van der Waals surface area (Å²) in [6, 6.07) is 18.3. The summed E-state index contributed by atoms with van der Waals surface area (Å²) in [6.45, 7) is 0.0614. The van der Waals surface area contributed by atoms with Crippen LogP contribution in [0.4, 0.5) is 0 Å². The molecule has 0 unspecified atom stereocenters. The topological polar surface area (TPSA) is 88.2 Å². The third-order valence-corrected chi connectivity index (χ3v) is 3.29. The summed E-state index contributed by atoms with van der Waals surface area (Å²) in [7, 11) is 0. The maximum absolute atomic E-state index is 12.0. The SMILES string of the molecule is O=C(NC[C@@H](O)c1ccccc1)c1nc(-c2ccccc2)no1. The van der Waals surface area contributed by atoms with Crippen molar-refractivity contribution in [3.05, 3.63) is 72.1 Å². The number of amides is 1. The summed E-state index contributed by atoms with van der Waals surface area (Å²) in [5, 5.41) is 16.4. The van der Waals surface area contributed by atoms with Gasteiger partial charge in [0.2, 0.25) is 5.82 Å². The van der Waals surface area contributed by atoms with E-state index in [9.17, 15) is 9.90 Å². The molecule has 1 aromatic heterocycles. The lowest BCUT2D eigenvalue weighted by Crippen LogP contribution is -2.28. The first-order chi connectivity index (χ1) is 11.2. The molecule has 0 aliphatic heterocycles. The minimum atomic E-state index is -0.795. The van der Waals surface area contributed by atoms with Crippen molar-refractivity contribution in [3.63, 3.8) is 0 Å². The lowest BCUT2D eigenvalue weighted by molar-refractivity contribution is 0.0873. The smallest absolute Gasteiger partial charge is 0.316 e. The van der Waals surface area contributed by atoms with Gasteiger partial charge in [0.15, 0.2) is 0 Å². The zero-order chi connectivity index (χ0) is 16.1. The molecule has 0 saturated heterocycles. The first-order valence-corrected chi connectivity index (χ1v) is 7.14. The van der Waals surface area contributed by atoms with E-state index >= 15 is 0 Å². The van der Waals surface area contributed by atoms with E-state index in [0.29, 0.717) is 5.82 Å². The van der Waals surface area contributed by atoms with Crippen LogP contribution >= 0.6 is 0 Å². The molecule has 0 spiro atoms. The number of benzene rings is 2. The van der Waals surface area contributed by atoms with E-state index in [4.69, 9.17) is 4.52 Å². The average Bonchev–Trinajstić information content (AvgIpc) is 3.11. The quantitative estimate of drug-likeness (QED) is 0.754. The summed E-state index contributed by atoms with van der Waals surface area (Å²) in [6.07, 6.45) is -0.795. The van der Waals surface area contributed by atoms with Gasteiger partial charge in [-0.25, -0.2) is 0 Å². The van der Waals surface area contributed by atoms with Crippen molar-refractivity contribution < 1.29 is 14.4 Å². The van der Waals surface area contributed by atoms with Gasteiger partial charge in [-0.1, -0.05) is 65.8 Å². The maximum Gasteiger partial charge on any atom is 0.316 e. The Balaban J connectivity index is 1.62. The van der Waals surface area contributed by atoms with E-state index < -0.39 is 12.0 Å². The number of carbonyl (C=O) groups excluding carboxylic acids is 1. The maximum atomic E-state index is 12.0. The highest BCUT2D eigenvalue weighted by atomic mass is 16.5. The summed E-state index contributed by atoms with van der Waals surface area (Å²) >= 11 is 0. The Morgan fingerprint density at radius 3 is 2.43 bits per heavy atom. The normalized spacial score (nSPS) is 11.9. The molecule has 6 heteroatoms. The first kappa shape index (κ1) is 14.9. The zero-order valence-electron chi connectivity index (χ0n) is 12.2. The van der Waals surface area contributed by atoms with E-state index in [1.807, 2.05) is 48.5 Å². The van der Waals surface area contributed by atoms with Gasteiger partial charge in [-0.3, -0.25) is 4.79 Å². The third kappa shape index (κ3) is 3.61. The van der Waals surface area contributed by atoms with Gasteiger partial charge in [-0.2, -0.15) is 4.98 Å². The molecule has 3 rings (SSSR count). The number of carbonyl (C=O) groups is 1. The highest BCUT2D eigenvalue weighted by molar-refractivity contribution is 5.89. The van der Waals surface area contributed by atoms with Gasteiger partial charge in [-0.05, 0) is 5.56 Å². The fraction of sp³-hybridized carbons (Fsp3) is 0.118. The van der Waals surface area contributed by atoms with Crippen molar-refractivity contribution in [1.29, 1.82) is 0 Å². The Morgan fingerprint density at radius 2 is 1.74 bits per heavy atom. The van der Waals surface area contributed by atoms with Crippen molar-refractivity contribution >= 4 is 5.91 Å². The Hall–Kier alpha value is -2.99. The Morgan fingerprint density at radius 1 is 1.09 bits per heavy atom. The molecule has 1 heterocycles. The minimum absolute atomic E-state index is 0.0614. The van der Waals surface area contributed by atoms with Crippen LogP contribution in [0.3, 0.4) is 0 Å². The van der Waals surface area contributed by atoms with Gasteiger partial charge in [0.05, 0.1) is 6.10 Å². The van der Waals surface area contributed by atoms with Crippen LogP contribution in [0.2, 0.25) is 0 Å². The molecule has 0 saturated carbocycles. The van der Waals surface area contributed by atoms with Gasteiger partial charge in [0.1, 0.15) is 0 Å². The van der Waals surface area contributed by atoms with Crippen molar-refractivity contribution in [2.75, 3.05) is 6.54 Å². The minimum Gasteiger partial charge on any atom is -0.387 e.